The summed E-state index contributed by atoms with van der Waals surface area (Å²) in [6.07, 6.45) is -0.794. The molecule has 5 heteroatoms. The first-order valence-electron chi connectivity index (χ1n) is 5.77. The highest BCUT2D eigenvalue weighted by atomic mass is 16.4. The monoisotopic (exact) mass is 248 g/mol. The van der Waals surface area contributed by atoms with Gasteiger partial charge in [-0.15, -0.1) is 0 Å². The van der Waals surface area contributed by atoms with E-state index in [2.05, 4.69) is 4.98 Å². The lowest BCUT2D eigenvalue weighted by atomic mass is 10.1. The second-order valence-corrected chi connectivity index (χ2v) is 4.55. The molecule has 1 aromatic carbocycles. The van der Waals surface area contributed by atoms with Crippen molar-refractivity contribution in [2.75, 3.05) is 0 Å². The van der Waals surface area contributed by atoms with Gasteiger partial charge >= 0.3 is 5.97 Å². The van der Waals surface area contributed by atoms with Crippen LogP contribution in [-0.4, -0.2) is 25.7 Å². The van der Waals surface area contributed by atoms with Crippen LogP contribution < -0.4 is 0 Å². The van der Waals surface area contributed by atoms with Crippen LogP contribution in [0.25, 0.3) is 11.0 Å². The fourth-order valence-electron chi connectivity index (χ4n) is 2.02. The molecule has 0 aliphatic carbocycles. The molecule has 1 atom stereocenters. The van der Waals surface area contributed by atoms with Gasteiger partial charge in [0.25, 0.3) is 0 Å². The summed E-state index contributed by atoms with van der Waals surface area (Å²) in [5.41, 5.74) is 3.64. The van der Waals surface area contributed by atoms with Gasteiger partial charge in [0.2, 0.25) is 0 Å². The quantitative estimate of drug-likeness (QED) is 0.868. The van der Waals surface area contributed by atoms with Crippen molar-refractivity contribution in [3.8, 4) is 0 Å². The van der Waals surface area contributed by atoms with E-state index in [4.69, 9.17) is 5.11 Å². The lowest BCUT2D eigenvalue weighted by Crippen LogP contribution is -2.13. The van der Waals surface area contributed by atoms with E-state index in [-0.39, 0.29) is 6.54 Å². The molecule has 1 heterocycles. The summed E-state index contributed by atoms with van der Waals surface area (Å²) in [5.74, 6) is -0.563. The van der Waals surface area contributed by atoms with Crippen molar-refractivity contribution in [2.45, 2.75) is 33.4 Å². The maximum atomic E-state index is 10.9. The maximum absolute atomic E-state index is 10.9. The number of rotatable bonds is 3. The highest BCUT2D eigenvalue weighted by molar-refractivity contribution is 5.80. The van der Waals surface area contributed by atoms with Gasteiger partial charge in [-0.1, -0.05) is 0 Å². The number of nitrogens with zero attached hydrogens (tertiary/aromatic N) is 2. The Morgan fingerprint density at radius 3 is 2.56 bits per heavy atom. The number of carboxylic acid groups (broad SMARTS) is 1. The normalized spacial score (nSPS) is 12.9. The molecule has 2 N–H and O–H groups in total. The van der Waals surface area contributed by atoms with E-state index in [0.717, 1.165) is 22.2 Å². The lowest BCUT2D eigenvalue weighted by Gasteiger charge is -2.08. The van der Waals surface area contributed by atoms with Gasteiger partial charge in [-0.25, -0.2) is 4.98 Å². The van der Waals surface area contributed by atoms with Gasteiger partial charge in [0.15, 0.2) is 0 Å². The number of fused-ring (bicyclic) bond motifs is 1. The summed E-state index contributed by atoms with van der Waals surface area (Å²) in [7, 11) is 0. The number of aliphatic hydroxyl groups is 1. The van der Waals surface area contributed by atoms with Crippen LogP contribution in [0.5, 0.6) is 0 Å². The number of benzene rings is 1. The van der Waals surface area contributed by atoms with Crippen LogP contribution >= 0.6 is 0 Å². The minimum absolute atomic E-state index is 0.195. The Labute approximate surface area is 105 Å². The Morgan fingerprint density at radius 1 is 1.39 bits per heavy atom. The molecule has 1 aromatic heterocycles. The van der Waals surface area contributed by atoms with E-state index < -0.39 is 12.1 Å². The third-order valence-corrected chi connectivity index (χ3v) is 3.06. The van der Waals surface area contributed by atoms with Crippen LogP contribution in [0, 0.1) is 13.8 Å². The van der Waals surface area contributed by atoms with Crippen LogP contribution in [0.1, 0.15) is 30.0 Å². The summed E-state index contributed by atoms with van der Waals surface area (Å²) in [6.45, 7) is 5.33. The van der Waals surface area contributed by atoms with Gasteiger partial charge in [-0.2, -0.15) is 0 Å². The van der Waals surface area contributed by atoms with Crippen LogP contribution in [-0.2, 0) is 11.3 Å². The molecule has 0 amide bonds. The van der Waals surface area contributed by atoms with Crippen molar-refractivity contribution in [3.63, 3.8) is 0 Å². The molecule has 96 valence electrons. The number of aliphatic carboxylic acids is 1. The highest BCUT2D eigenvalue weighted by Gasteiger charge is 2.17. The number of hydrogen-bond donors (Lipinski definition) is 2. The Hall–Kier alpha value is -1.88. The summed E-state index contributed by atoms with van der Waals surface area (Å²) in [6, 6.07) is 3.82. The molecule has 0 fully saturated rings. The van der Waals surface area contributed by atoms with Gasteiger partial charge in [-0.3, -0.25) is 4.79 Å². The third kappa shape index (κ3) is 2.09. The van der Waals surface area contributed by atoms with Crippen LogP contribution in [0.15, 0.2) is 12.1 Å². The van der Waals surface area contributed by atoms with Crippen LogP contribution in [0.3, 0.4) is 0 Å². The number of aromatic nitrogens is 2. The minimum atomic E-state index is -0.950. The predicted molar refractivity (Wildman–Crippen MR) is 67.5 cm³/mol. The number of carboxylic acids is 1. The zero-order valence-corrected chi connectivity index (χ0v) is 10.6. The van der Waals surface area contributed by atoms with Gasteiger partial charge in [0.05, 0.1) is 11.0 Å². The molecule has 0 aliphatic rings. The Kier molecular flexibility index (Phi) is 3.09. The van der Waals surface area contributed by atoms with Crippen LogP contribution in [0.4, 0.5) is 0 Å². The largest absolute Gasteiger partial charge is 0.480 e. The van der Waals surface area contributed by atoms with E-state index in [1.54, 1.807) is 11.5 Å². The second-order valence-electron chi connectivity index (χ2n) is 4.55. The molecular weight excluding hydrogens is 232 g/mol. The van der Waals surface area contributed by atoms with E-state index >= 15 is 0 Å². The summed E-state index contributed by atoms with van der Waals surface area (Å²) < 4.78 is 1.55. The van der Waals surface area contributed by atoms with E-state index in [1.165, 1.54) is 0 Å². The van der Waals surface area contributed by atoms with Crippen molar-refractivity contribution >= 4 is 17.0 Å². The van der Waals surface area contributed by atoms with Gasteiger partial charge in [0.1, 0.15) is 18.5 Å². The first-order valence-corrected chi connectivity index (χ1v) is 5.77. The molecule has 0 radical (unpaired) electrons. The maximum Gasteiger partial charge on any atom is 0.323 e. The number of hydrogen-bond acceptors (Lipinski definition) is 3. The Bertz CT molecular complexity index is 614. The van der Waals surface area contributed by atoms with Gasteiger partial charge in [-0.05, 0) is 44.0 Å². The topological polar surface area (TPSA) is 75.4 Å². The number of aryl methyl sites for hydroxylation is 2. The number of imidazole rings is 1. The molecule has 0 spiro atoms. The third-order valence-electron chi connectivity index (χ3n) is 3.06. The fraction of sp³-hybridized carbons (Fsp3) is 0.385. The van der Waals surface area contributed by atoms with Crippen LogP contribution in [0.2, 0.25) is 0 Å². The van der Waals surface area contributed by atoms with Crippen molar-refractivity contribution in [3.05, 3.63) is 29.1 Å². The van der Waals surface area contributed by atoms with Crippen molar-refractivity contribution < 1.29 is 15.0 Å². The molecule has 2 rings (SSSR count). The molecule has 2 aromatic rings. The second kappa shape index (κ2) is 4.42. The van der Waals surface area contributed by atoms with E-state index in [9.17, 15) is 9.90 Å². The fourth-order valence-corrected chi connectivity index (χ4v) is 2.02. The molecule has 5 nitrogen and oxygen atoms in total. The zero-order valence-electron chi connectivity index (χ0n) is 10.6. The van der Waals surface area contributed by atoms with Gasteiger partial charge in [0, 0.05) is 0 Å². The van der Waals surface area contributed by atoms with Crippen molar-refractivity contribution in [1.82, 2.24) is 9.55 Å². The summed E-state index contributed by atoms with van der Waals surface area (Å²) in [5, 5.41) is 18.6. The molecule has 0 bridgehead atoms. The molecule has 18 heavy (non-hydrogen) atoms. The molecule has 0 saturated heterocycles. The predicted octanol–water partition coefficient (Wildman–Crippen LogP) is 1.79. The summed E-state index contributed by atoms with van der Waals surface area (Å²) in [4.78, 5) is 15.2. The zero-order chi connectivity index (χ0) is 13.4. The van der Waals surface area contributed by atoms with E-state index in [1.807, 2.05) is 26.0 Å². The first-order chi connectivity index (χ1) is 8.40. The Balaban J connectivity index is 2.72. The minimum Gasteiger partial charge on any atom is -0.480 e. The molecule has 0 aliphatic heterocycles. The summed E-state index contributed by atoms with van der Waals surface area (Å²) >= 11 is 0. The van der Waals surface area contributed by atoms with E-state index in [0.29, 0.717) is 5.82 Å². The average molecular weight is 248 g/mol. The van der Waals surface area contributed by atoms with Crippen molar-refractivity contribution in [1.29, 1.82) is 0 Å². The Morgan fingerprint density at radius 2 is 2.00 bits per heavy atom. The average Bonchev–Trinajstić information content (AvgIpc) is 2.57. The standard InChI is InChI=1S/C13H16N2O3/c1-7-4-10-11(5-8(7)2)15(6-12(17)18)13(14-10)9(3)16/h4-5,9,16H,6H2,1-3H3,(H,17,18). The number of carbonyl (C=O) groups is 1. The molecule has 0 saturated carbocycles. The molecule has 1 unspecified atom stereocenters. The lowest BCUT2D eigenvalue weighted by molar-refractivity contribution is -0.137. The van der Waals surface area contributed by atoms with Crippen molar-refractivity contribution in [2.24, 2.45) is 0 Å². The smallest absolute Gasteiger partial charge is 0.323 e. The SMILES string of the molecule is Cc1cc2nc(C(C)O)n(CC(=O)O)c2cc1C. The number of aliphatic hydroxyl groups excluding tert-OH is 1. The first kappa shape index (κ1) is 12.6. The molecular formula is C13H16N2O3. The van der Waals surface area contributed by atoms with Gasteiger partial charge < -0.3 is 14.8 Å². The highest BCUT2D eigenvalue weighted by Crippen LogP contribution is 2.23.